The zero-order valence-electron chi connectivity index (χ0n) is 13.5. The molecule has 1 aromatic rings. The molecule has 0 spiro atoms. The molecule has 0 aliphatic rings. The first-order valence-electron chi connectivity index (χ1n) is 6.94. The summed E-state index contributed by atoms with van der Waals surface area (Å²) in [5, 5.41) is 2.80. The average Bonchev–Trinajstić information content (AvgIpc) is 2.31. The first kappa shape index (κ1) is 19.7. The maximum atomic E-state index is 11.8. The lowest BCUT2D eigenvalue weighted by Crippen LogP contribution is -2.49. The van der Waals surface area contributed by atoms with Gasteiger partial charge < -0.3 is 15.8 Å². The normalized spacial score (nSPS) is 12.3. The van der Waals surface area contributed by atoms with Crippen molar-refractivity contribution in [3.8, 4) is 5.75 Å². The lowest BCUT2D eigenvalue weighted by molar-refractivity contribution is -0.124. The van der Waals surface area contributed by atoms with Gasteiger partial charge in [-0.3, -0.25) is 4.79 Å². The minimum Gasteiger partial charge on any atom is -0.492 e. The molecule has 0 radical (unpaired) electrons. The van der Waals surface area contributed by atoms with E-state index < -0.39 is 6.04 Å². The van der Waals surface area contributed by atoms with Crippen molar-refractivity contribution in [3.63, 3.8) is 0 Å². The second-order valence-corrected chi connectivity index (χ2v) is 6.31. The van der Waals surface area contributed by atoms with Crippen LogP contribution in [-0.2, 0) is 4.79 Å². The highest BCUT2D eigenvalue weighted by Gasteiger charge is 2.26. The molecule has 4 nitrogen and oxygen atoms in total. The highest BCUT2D eigenvalue weighted by Crippen LogP contribution is 2.17. The van der Waals surface area contributed by atoms with Crippen molar-refractivity contribution in [2.75, 3.05) is 13.2 Å². The van der Waals surface area contributed by atoms with Crippen LogP contribution in [0.25, 0.3) is 0 Å². The van der Waals surface area contributed by atoms with Crippen LogP contribution in [0.1, 0.15) is 31.9 Å². The van der Waals surface area contributed by atoms with Crippen molar-refractivity contribution < 1.29 is 9.53 Å². The topological polar surface area (TPSA) is 64.3 Å². The second-order valence-electron chi connectivity index (χ2n) is 6.31. The Morgan fingerprint density at radius 3 is 2.24 bits per heavy atom. The largest absolute Gasteiger partial charge is 0.492 e. The molecule has 0 saturated carbocycles. The third-order valence-electron chi connectivity index (χ3n) is 3.08. The van der Waals surface area contributed by atoms with E-state index in [0.717, 1.165) is 5.75 Å². The molecule has 1 amide bonds. The van der Waals surface area contributed by atoms with E-state index in [1.165, 1.54) is 11.1 Å². The van der Waals surface area contributed by atoms with Gasteiger partial charge in [0.1, 0.15) is 12.4 Å². The molecule has 0 fully saturated rings. The second kappa shape index (κ2) is 8.25. The summed E-state index contributed by atoms with van der Waals surface area (Å²) in [6, 6.07) is 5.55. The van der Waals surface area contributed by atoms with Crippen LogP contribution >= 0.6 is 12.4 Å². The summed E-state index contributed by atoms with van der Waals surface area (Å²) in [7, 11) is 0. The van der Waals surface area contributed by atoms with Gasteiger partial charge in [-0.05, 0) is 42.5 Å². The van der Waals surface area contributed by atoms with Crippen LogP contribution in [0, 0.1) is 19.3 Å². The molecule has 0 unspecified atom stereocenters. The van der Waals surface area contributed by atoms with Gasteiger partial charge >= 0.3 is 0 Å². The van der Waals surface area contributed by atoms with Gasteiger partial charge in [0.25, 0.3) is 0 Å². The predicted octanol–water partition coefficient (Wildman–Crippen LogP) is 2.59. The number of aryl methyl sites for hydroxylation is 2. The number of amides is 1. The molecule has 0 aliphatic carbocycles. The number of ether oxygens (including phenoxy) is 1. The van der Waals surface area contributed by atoms with E-state index in [1.807, 2.05) is 46.8 Å². The Hall–Kier alpha value is -1.26. The monoisotopic (exact) mass is 314 g/mol. The van der Waals surface area contributed by atoms with Crippen LogP contribution in [0.2, 0.25) is 0 Å². The number of nitrogens with two attached hydrogens (primary N) is 1. The Kier molecular flexibility index (Phi) is 7.75. The fraction of sp³-hybridized carbons (Fsp3) is 0.562. The molecular formula is C16H27ClN2O2. The Morgan fingerprint density at radius 1 is 1.24 bits per heavy atom. The maximum absolute atomic E-state index is 11.8. The van der Waals surface area contributed by atoms with Gasteiger partial charge in [0, 0.05) is 0 Å². The van der Waals surface area contributed by atoms with Crippen molar-refractivity contribution in [2.24, 2.45) is 11.1 Å². The molecular weight excluding hydrogens is 288 g/mol. The molecule has 21 heavy (non-hydrogen) atoms. The molecule has 0 aliphatic heterocycles. The van der Waals surface area contributed by atoms with Gasteiger partial charge in [-0.1, -0.05) is 26.8 Å². The molecule has 1 atom stereocenters. The van der Waals surface area contributed by atoms with Crippen molar-refractivity contribution in [1.29, 1.82) is 0 Å². The first-order valence-corrected chi connectivity index (χ1v) is 6.94. The number of carbonyl (C=O) groups is 1. The van der Waals surface area contributed by atoms with E-state index in [-0.39, 0.29) is 23.7 Å². The first-order chi connectivity index (χ1) is 9.20. The standard InChI is InChI=1S/C16H26N2O2.ClH/c1-11-8-12(2)10-13(9-11)20-7-6-18-15(19)14(17)16(3,4)5;/h8-10,14H,6-7,17H2,1-5H3,(H,18,19);1H/t14-;/m1./s1. The SMILES string of the molecule is Cc1cc(C)cc(OCCNC(=O)[C@@H](N)C(C)(C)C)c1.Cl. The van der Waals surface area contributed by atoms with Crippen molar-refractivity contribution >= 4 is 18.3 Å². The summed E-state index contributed by atoms with van der Waals surface area (Å²) in [4.78, 5) is 11.8. The van der Waals surface area contributed by atoms with Gasteiger partial charge in [0.15, 0.2) is 0 Å². The quantitative estimate of drug-likeness (QED) is 0.821. The highest BCUT2D eigenvalue weighted by atomic mass is 35.5. The van der Waals surface area contributed by atoms with Crippen molar-refractivity contribution in [2.45, 2.75) is 40.7 Å². The van der Waals surface area contributed by atoms with Crippen LogP contribution < -0.4 is 15.8 Å². The van der Waals surface area contributed by atoms with E-state index in [4.69, 9.17) is 10.5 Å². The number of rotatable bonds is 5. The molecule has 0 heterocycles. The predicted molar refractivity (Wildman–Crippen MR) is 89.1 cm³/mol. The van der Waals surface area contributed by atoms with Crippen LogP contribution in [0.4, 0.5) is 0 Å². The summed E-state index contributed by atoms with van der Waals surface area (Å²) in [6.45, 7) is 10.8. The Labute approximate surface area is 133 Å². The molecule has 0 bridgehead atoms. The number of hydrogen-bond donors (Lipinski definition) is 2. The molecule has 0 saturated heterocycles. The van der Waals surface area contributed by atoms with Crippen LogP contribution in [0.5, 0.6) is 5.75 Å². The zero-order chi connectivity index (χ0) is 15.3. The number of nitrogens with one attached hydrogen (secondary N) is 1. The number of carbonyl (C=O) groups excluding carboxylic acids is 1. The van der Waals surface area contributed by atoms with Gasteiger partial charge in [0.2, 0.25) is 5.91 Å². The number of halogens is 1. The molecule has 1 rings (SSSR count). The third kappa shape index (κ3) is 6.82. The number of benzene rings is 1. The highest BCUT2D eigenvalue weighted by molar-refractivity contribution is 5.85. The third-order valence-corrected chi connectivity index (χ3v) is 3.08. The molecule has 1 aromatic carbocycles. The summed E-state index contributed by atoms with van der Waals surface area (Å²) in [6.07, 6.45) is 0. The lowest BCUT2D eigenvalue weighted by atomic mass is 9.87. The van der Waals surface area contributed by atoms with Crippen LogP contribution in [-0.4, -0.2) is 25.1 Å². The lowest BCUT2D eigenvalue weighted by Gasteiger charge is -2.25. The molecule has 120 valence electrons. The van der Waals surface area contributed by atoms with Crippen LogP contribution in [0.15, 0.2) is 18.2 Å². The maximum Gasteiger partial charge on any atom is 0.237 e. The Morgan fingerprint density at radius 2 is 1.76 bits per heavy atom. The summed E-state index contributed by atoms with van der Waals surface area (Å²) >= 11 is 0. The zero-order valence-corrected chi connectivity index (χ0v) is 14.3. The fourth-order valence-corrected chi connectivity index (χ4v) is 1.86. The van der Waals surface area contributed by atoms with E-state index in [9.17, 15) is 4.79 Å². The van der Waals surface area contributed by atoms with Gasteiger partial charge in [-0.2, -0.15) is 0 Å². The van der Waals surface area contributed by atoms with Crippen molar-refractivity contribution in [3.05, 3.63) is 29.3 Å². The van der Waals surface area contributed by atoms with E-state index in [0.29, 0.717) is 13.2 Å². The summed E-state index contributed by atoms with van der Waals surface area (Å²) in [5.74, 6) is 0.693. The minimum atomic E-state index is -0.510. The Bertz CT molecular complexity index is 450. The van der Waals surface area contributed by atoms with E-state index in [1.54, 1.807) is 0 Å². The smallest absolute Gasteiger partial charge is 0.237 e. The Balaban J connectivity index is 0.00000400. The van der Waals surface area contributed by atoms with E-state index >= 15 is 0 Å². The fourth-order valence-electron chi connectivity index (χ4n) is 1.86. The average molecular weight is 315 g/mol. The van der Waals surface area contributed by atoms with Gasteiger partial charge in [0.05, 0.1) is 12.6 Å². The summed E-state index contributed by atoms with van der Waals surface area (Å²) in [5.41, 5.74) is 7.97. The van der Waals surface area contributed by atoms with Crippen molar-refractivity contribution in [1.82, 2.24) is 5.32 Å². The number of hydrogen-bond acceptors (Lipinski definition) is 3. The molecule has 5 heteroatoms. The molecule has 0 aromatic heterocycles. The van der Waals surface area contributed by atoms with Crippen LogP contribution in [0.3, 0.4) is 0 Å². The van der Waals surface area contributed by atoms with Gasteiger partial charge in [-0.25, -0.2) is 0 Å². The minimum absolute atomic E-state index is 0. The van der Waals surface area contributed by atoms with Gasteiger partial charge in [-0.15, -0.1) is 12.4 Å². The summed E-state index contributed by atoms with van der Waals surface area (Å²) < 4.78 is 5.63. The van der Waals surface area contributed by atoms with E-state index in [2.05, 4.69) is 11.4 Å². The molecule has 3 N–H and O–H groups in total.